The van der Waals surface area contributed by atoms with Gasteiger partial charge in [0.15, 0.2) is 0 Å². The van der Waals surface area contributed by atoms with Crippen molar-refractivity contribution >= 4 is 17.1 Å². The molecule has 2 aliphatic rings. The standard InChI is InChI=1S/C18H21FN4O4S/c19-13-9-12(17(25)20-11-4-7-28(27)8-5-11)15(24)10-14(13)23-18(26)22-6-2-1-3-16(22)21-23/h9-11,24H,1-8H2,(H,20,25). The molecule has 1 aromatic heterocycles. The second kappa shape index (κ2) is 7.59. The maximum absolute atomic E-state index is 14.7. The SMILES string of the molecule is O=C(NC1CC[S+]([O-])CC1)c1cc(F)c(-n2nc3n(c2=O)CCCC3)cc1O. The van der Waals surface area contributed by atoms with E-state index in [2.05, 4.69) is 10.4 Å². The van der Waals surface area contributed by atoms with Crippen molar-refractivity contribution in [2.45, 2.75) is 44.7 Å². The third-order valence-electron chi connectivity index (χ3n) is 5.23. The first-order valence-corrected chi connectivity index (χ1v) is 10.8. The number of amides is 1. The van der Waals surface area contributed by atoms with Crippen molar-refractivity contribution < 1.29 is 18.8 Å². The molecule has 8 nitrogen and oxygen atoms in total. The van der Waals surface area contributed by atoms with Crippen LogP contribution in [-0.4, -0.2) is 47.5 Å². The number of benzene rings is 1. The molecule has 4 rings (SSSR count). The van der Waals surface area contributed by atoms with Gasteiger partial charge in [0.1, 0.15) is 34.6 Å². The minimum Gasteiger partial charge on any atom is -0.616 e. The molecule has 0 spiro atoms. The summed E-state index contributed by atoms with van der Waals surface area (Å²) in [7, 11) is 0. The van der Waals surface area contributed by atoms with Crippen LogP contribution in [0.15, 0.2) is 16.9 Å². The van der Waals surface area contributed by atoms with E-state index in [1.165, 1.54) is 4.57 Å². The van der Waals surface area contributed by atoms with Crippen molar-refractivity contribution in [2.24, 2.45) is 0 Å². The van der Waals surface area contributed by atoms with E-state index in [4.69, 9.17) is 0 Å². The first kappa shape index (κ1) is 19.0. The summed E-state index contributed by atoms with van der Waals surface area (Å²) < 4.78 is 28.6. The molecule has 28 heavy (non-hydrogen) atoms. The Hall–Kier alpha value is -2.33. The van der Waals surface area contributed by atoms with Crippen LogP contribution >= 0.6 is 0 Å². The van der Waals surface area contributed by atoms with E-state index in [9.17, 15) is 23.6 Å². The van der Waals surface area contributed by atoms with Crippen molar-refractivity contribution in [2.75, 3.05) is 11.5 Å². The molecule has 2 aromatic rings. The highest BCUT2D eigenvalue weighted by molar-refractivity contribution is 7.91. The second-order valence-corrected chi connectivity index (χ2v) is 8.83. The van der Waals surface area contributed by atoms with E-state index in [1.54, 1.807) is 0 Å². The third kappa shape index (κ3) is 3.53. The zero-order chi connectivity index (χ0) is 19.8. The zero-order valence-electron chi connectivity index (χ0n) is 15.2. The number of hydrogen-bond donors (Lipinski definition) is 2. The van der Waals surface area contributed by atoms with Gasteiger partial charge >= 0.3 is 5.69 Å². The molecule has 0 atom stereocenters. The Labute approximate surface area is 163 Å². The topological polar surface area (TPSA) is 112 Å². The fourth-order valence-electron chi connectivity index (χ4n) is 3.65. The Morgan fingerprint density at radius 1 is 1.32 bits per heavy atom. The summed E-state index contributed by atoms with van der Waals surface area (Å²) >= 11 is -0.854. The Morgan fingerprint density at radius 3 is 2.79 bits per heavy atom. The summed E-state index contributed by atoms with van der Waals surface area (Å²) in [6.45, 7) is 0.536. The molecule has 150 valence electrons. The Balaban J connectivity index is 1.60. The summed E-state index contributed by atoms with van der Waals surface area (Å²) in [4.78, 5) is 24.9. The van der Waals surface area contributed by atoms with Crippen LogP contribution in [0.4, 0.5) is 4.39 Å². The van der Waals surface area contributed by atoms with Crippen molar-refractivity contribution in [3.05, 3.63) is 39.8 Å². The van der Waals surface area contributed by atoms with Gasteiger partial charge in [-0.05, 0) is 18.9 Å². The lowest BCUT2D eigenvalue weighted by Crippen LogP contribution is -2.40. The molecule has 1 amide bonds. The first-order chi connectivity index (χ1) is 13.4. The molecule has 0 bridgehead atoms. The number of halogens is 1. The fraction of sp³-hybridized carbons (Fsp3) is 0.500. The quantitative estimate of drug-likeness (QED) is 0.732. The van der Waals surface area contributed by atoms with E-state index in [1.807, 2.05) is 0 Å². The number of nitrogens with zero attached hydrogens (tertiary/aromatic N) is 3. The lowest BCUT2D eigenvalue weighted by molar-refractivity contribution is 0.0931. The predicted molar refractivity (Wildman–Crippen MR) is 101 cm³/mol. The van der Waals surface area contributed by atoms with Crippen molar-refractivity contribution in [3.8, 4) is 11.4 Å². The maximum atomic E-state index is 14.7. The second-order valence-electron chi connectivity index (χ2n) is 7.14. The van der Waals surface area contributed by atoms with Crippen LogP contribution in [0.1, 0.15) is 41.9 Å². The summed E-state index contributed by atoms with van der Waals surface area (Å²) in [6.07, 6.45) is 3.57. The number of aromatic nitrogens is 3. The molecule has 1 aromatic carbocycles. The molecular formula is C18H21FN4O4S. The molecule has 0 saturated carbocycles. The largest absolute Gasteiger partial charge is 0.616 e. The van der Waals surface area contributed by atoms with E-state index < -0.39 is 34.3 Å². The maximum Gasteiger partial charge on any atom is 0.350 e. The number of nitrogens with one attached hydrogen (secondary N) is 1. The third-order valence-corrected chi connectivity index (χ3v) is 6.61. The predicted octanol–water partition coefficient (Wildman–Crippen LogP) is 0.856. The number of rotatable bonds is 3. The minimum absolute atomic E-state index is 0.158. The van der Waals surface area contributed by atoms with Crippen LogP contribution in [0.3, 0.4) is 0 Å². The minimum atomic E-state index is -0.854. The van der Waals surface area contributed by atoms with Gasteiger partial charge in [0.05, 0.1) is 5.56 Å². The highest BCUT2D eigenvalue weighted by Crippen LogP contribution is 2.25. The summed E-state index contributed by atoms with van der Waals surface area (Å²) in [5.74, 6) is -0.226. The summed E-state index contributed by atoms with van der Waals surface area (Å²) in [6, 6.07) is 1.82. The number of aromatic hydroxyl groups is 1. The number of carbonyl (C=O) groups is 1. The molecule has 2 aliphatic heterocycles. The zero-order valence-corrected chi connectivity index (χ0v) is 16.0. The molecule has 1 fully saturated rings. The van der Waals surface area contributed by atoms with E-state index in [0.29, 0.717) is 43.1 Å². The van der Waals surface area contributed by atoms with Crippen LogP contribution in [0.25, 0.3) is 5.69 Å². The highest BCUT2D eigenvalue weighted by atomic mass is 32.2. The number of hydrogen-bond acceptors (Lipinski definition) is 5. The van der Waals surface area contributed by atoms with Gasteiger partial charge in [-0.15, -0.1) is 5.10 Å². The van der Waals surface area contributed by atoms with Gasteiger partial charge in [-0.25, -0.2) is 9.18 Å². The van der Waals surface area contributed by atoms with Gasteiger partial charge in [-0.3, -0.25) is 9.36 Å². The van der Waals surface area contributed by atoms with Gasteiger partial charge < -0.3 is 15.0 Å². The molecule has 2 N–H and O–H groups in total. The number of phenolic OH excluding ortho intramolecular Hbond substituents is 1. The van der Waals surface area contributed by atoms with Crippen LogP contribution in [0.2, 0.25) is 0 Å². The van der Waals surface area contributed by atoms with Crippen molar-refractivity contribution in [3.63, 3.8) is 0 Å². The number of phenols is 1. The Kier molecular flexibility index (Phi) is 5.15. The number of carbonyl (C=O) groups excluding carboxylic acids is 1. The molecule has 3 heterocycles. The van der Waals surface area contributed by atoms with Crippen molar-refractivity contribution in [1.82, 2.24) is 19.7 Å². The molecule has 1 saturated heterocycles. The number of aryl methyl sites for hydroxylation is 1. The van der Waals surface area contributed by atoms with Crippen molar-refractivity contribution in [1.29, 1.82) is 0 Å². The van der Waals surface area contributed by atoms with Gasteiger partial charge in [0, 0.05) is 37.9 Å². The molecular weight excluding hydrogens is 387 g/mol. The molecule has 0 aliphatic carbocycles. The Bertz CT molecular complexity index is 965. The lowest BCUT2D eigenvalue weighted by atomic mass is 10.1. The normalized spacial score (nSPS) is 21.9. The van der Waals surface area contributed by atoms with E-state index in [0.717, 1.165) is 29.7 Å². The van der Waals surface area contributed by atoms with E-state index in [-0.39, 0.29) is 17.3 Å². The van der Waals surface area contributed by atoms with Gasteiger partial charge in [-0.1, -0.05) is 11.2 Å². The molecule has 0 radical (unpaired) electrons. The Morgan fingerprint density at radius 2 is 2.07 bits per heavy atom. The van der Waals surface area contributed by atoms with Crippen LogP contribution in [0.5, 0.6) is 5.75 Å². The van der Waals surface area contributed by atoms with Crippen LogP contribution in [-0.2, 0) is 24.1 Å². The first-order valence-electron chi connectivity index (χ1n) is 9.31. The lowest BCUT2D eigenvalue weighted by Gasteiger charge is -2.25. The summed E-state index contributed by atoms with van der Waals surface area (Å²) in [5.41, 5.74) is -0.848. The molecule has 0 unspecified atom stereocenters. The van der Waals surface area contributed by atoms with E-state index >= 15 is 0 Å². The average molecular weight is 408 g/mol. The monoisotopic (exact) mass is 408 g/mol. The highest BCUT2D eigenvalue weighted by Gasteiger charge is 2.26. The smallest absolute Gasteiger partial charge is 0.350 e. The molecule has 10 heteroatoms. The van der Waals surface area contributed by atoms with Gasteiger partial charge in [0.2, 0.25) is 0 Å². The average Bonchev–Trinajstić information content (AvgIpc) is 3.02. The van der Waals surface area contributed by atoms with Gasteiger partial charge in [-0.2, -0.15) is 4.68 Å². The number of fused-ring (bicyclic) bond motifs is 1. The summed E-state index contributed by atoms with van der Waals surface area (Å²) in [5, 5.41) is 17.2. The van der Waals surface area contributed by atoms with Crippen LogP contribution in [0, 0.1) is 5.82 Å². The fourth-order valence-corrected chi connectivity index (χ4v) is 4.95. The van der Waals surface area contributed by atoms with Gasteiger partial charge in [0.25, 0.3) is 5.91 Å². The van der Waals surface area contributed by atoms with Crippen LogP contribution < -0.4 is 11.0 Å².